The first kappa shape index (κ1) is 21.9. The number of hydrogen-bond donors (Lipinski definition) is 4. The van der Waals surface area contributed by atoms with Gasteiger partial charge in [-0.2, -0.15) is 0 Å². The maximum absolute atomic E-state index is 14.3. The number of H-pyrrole nitrogens is 1. The number of nitrogens with zero attached hydrogens (tertiary/aromatic N) is 1. The van der Waals surface area contributed by atoms with Crippen LogP contribution in [0.5, 0.6) is 5.75 Å². The maximum atomic E-state index is 14.3. The molecule has 3 heterocycles. The Balaban J connectivity index is 1.95. The van der Waals surface area contributed by atoms with Crippen molar-refractivity contribution in [3.05, 3.63) is 53.7 Å². The number of para-hydroxylation sites is 1. The summed E-state index contributed by atoms with van der Waals surface area (Å²) >= 11 is 4.28. The summed E-state index contributed by atoms with van der Waals surface area (Å²) in [5, 5.41) is 6.26. The molecule has 1 aliphatic heterocycles. The van der Waals surface area contributed by atoms with Crippen LogP contribution in [0.2, 0.25) is 0 Å². The Hall–Kier alpha value is -1.36. The van der Waals surface area contributed by atoms with Gasteiger partial charge in [0.15, 0.2) is 0 Å². The van der Waals surface area contributed by atoms with Crippen molar-refractivity contribution in [2.24, 2.45) is 0 Å². The van der Waals surface area contributed by atoms with Crippen molar-refractivity contribution >= 4 is 64.4 Å². The molecule has 2 aromatic heterocycles. The Kier molecular flexibility index (Phi) is 6.86. The third kappa shape index (κ3) is 3.94. The van der Waals surface area contributed by atoms with E-state index in [4.69, 9.17) is 4.74 Å². The second kappa shape index (κ2) is 9.42. The van der Waals surface area contributed by atoms with E-state index in [0.29, 0.717) is 23.5 Å². The Morgan fingerprint density at radius 2 is 2.17 bits per heavy atom. The van der Waals surface area contributed by atoms with Crippen LogP contribution in [-0.4, -0.2) is 29.5 Å². The van der Waals surface area contributed by atoms with Gasteiger partial charge in [-0.15, -0.1) is 0 Å². The molecule has 1 amide bonds. The second-order valence-corrected chi connectivity index (χ2v) is 12.1. The Bertz CT molecular complexity index is 1110. The van der Waals surface area contributed by atoms with Gasteiger partial charge >= 0.3 is 208 Å². The predicted molar refractivity (Wildman–Crippen MR) is 127 cm³/mol. The van der Waals surface area contributed by atoms with E-state index in [1.165, 1.54) is 13.2 Å². The van der Waals surface area contributed by atoms with Crippen molar-refractivity contribution < 1.29 is 31.2 Å². The summed E-state index contributed by atoms with van der Waals surface area (Å²) in [6.45, 7) is 0.610. The molecule has 3 aromatic rings. The molecule has 4 rings (SSSR count). The topological polar surface area (TPSA) is 91.1 Å². The number of carbonyl (C=O) groups excluding carboxylic acids is 1. The first-order valence-corrected chi connectivity index (χ1v) is 17.4. The van der Waals surface area contributed by atoms with Crippen LogP contribution in [-0.2, 0) is 0 Å². The van der Waals surface area contributed by atoms with Crippen molar-refractivity contribution in [1.82, 2.24) is 15.3 Å². The molecule has 1 aliphatic rings. The van der Waals surface area contributed by atoms with Crippen LogP contribution >= 0.6 is 41.5 Å². The fourth-order valence-electron chi connectivity index (χ4n) is 3.40. The fourth-order valence-corrected chi connectivity index (χ4v) is 7.61. The first-order chi connectivity index (χ1) is 14.6. The van der Waals surface area contributed by atoms with Gasteiger partial charge in [-0.1, -0.05) is 0 Å². The van der Waals surface area contributed by atoms with Gasteiger partial charge in [0.2, 0.25) is 0 Å². The number of amides is 1. The number of hydrogen-bond acceptors (Lipinski definition) is 5. The predicted octanol–water partition coefficient (Wildman–Crippen LogP) is 1.95. The SMILES string of the molecule is COc1c(F)cccc1Nc1c(-c2ccncc2NI)[nH]c2c1C(=O)NCC2[I-]I. The monoisotopic (exact) mass is 746 g/mol. The molecule has 1 aromatic carbocycles. The molecule has 1 unspecified atom stereocenters. The van der Waals surface area contributed by atoms with E-state index >= 15 is 0 Å². The number of halogens is 4. The van der Waals surface area contributed by atoms with Crippen molar-refractivity contribution in [2.45, 2.75) is 3.92 Å². The molecule has 4 N–H and O–H groups in total. The summed E-state index contributed by atoms with van der Waals surface area (Å²) in [7, 11) is 1.42. The number of nitrogens with one attached hydrogen (secondary N) is 4. The van der Waals surface area contributed by atoms with Gasteiger partial charge in [-0.3, -0.25) is 0 Å². The molecule has 0 fully saturated rings. The molecule has 1 atom stereocenters. The van der Waals surface area contributed by atoms with Gasteiger partial charge in [-0.25, -0.2) is 0 Å². The van der Waals surface area contributed by atoms with Gasteiger partial charge in [0.1, 0.15) is 0 Å². The minimum atomic E-state index is -0.479. The van der Waals surface area contributed by atoms with Crippen LogP contribution in [0.25, 0.3) is 11.3 Å². The Morgan fingerprint density at radius 3 is 2.90 bits per heavy atom. The molecule has 0 aliphatic carbocycles. The van der Waals surface area contributed by atoms with E-state index in [-0.39, 0.29) is 32.8 Å². The average molecular weight is 746 g/mol. The van der Waals surface area contributed by atoms with Crippen molar-refractivity contribution in [3.63, 3.8) is 0 Å². The number of aromatic nitrogens is 2. The van der Waals surface area contributed by atoms with Crippen LogP contribution in [0.4, 0.5) is 21.5 Å². The third-order valence-corrected chi connectivity index (χ3v) is 10.8. The van der Waals surface area contributed by atoms with E-state index in [1.807, 2.05) is 28.9 Å². The van der Waals surface area contributed by atoms with Gasteiger partial charge in [0.05, 0.1) is 0 Å². The molecule has 0 saturated carbocycles. The molecule has 11 heteroatoms. The van der Waals surface area contributed by atoms with Crippen LogP contribution in [0, 0.1) is 5.82 Å². The van der Waals surface area contributed by atoms with Crippen molar-refractivity contribution in [2.75, 3.05) is 22.5 Å². The zero-order valence-corrected chi connectivity index (χ0v) is 22.0. The zero-order chi connectivity index (χ0) is 21.3. The number of anilines is 3. The number of rotatable bonds is 6. The molecule has 0 saturated heterocycles. The summed E-state index contributed by atoms with van der Waals surface area (Å²) in [5.41, 5.74) is 4.88. The van der Waals surface area contributed by atoms with Crippen LogP contribution in [0.1, 0.15) is 20.0 Å². The molecule has 30 heavy (non-hydrogen) atoms. The number of carbonyl (C=O) groups is 1. The van der Waals surface area contributed by atoms with Gasteiger partial charge in [0, 0.05) is 0 Å². The van der Waals surface area contributed by atoms with Gasteiger partial charge in [-0.05, 0) is 0 Å². The number of methoxy groups -OCH3 is 1. The molecule has 0 spiro atoms. The van der Waals surface area contributed by atoms with Gasteiger partial charge < -0.3 is 0 Å². The Labute approximate surface area is 206 Å². The fraction of sp³-hybridized carbons (Fsp3) is 0.158. The quantitative estimate of drug-likeness (QED) is 0.176. The molecular weight excluding hydrogens is 730 g/mol. The Morgan fingerprint density at radius 1 is 1.33 bits per heavy atom. The van der Waals surface area contributed by atoms with E-state index in [1.54, 1.807) is 24.5 Å². The number of ether oxygens (including phenoxy) is 1. The minimum absolute atomic E-state index is 0.0921. The molecule has 0 bridgehead atoms. The van der Waals surface area contributed by atoms with E-state index < -0.39 is 5.82 Å². The van der Waals surface area contributed by atoms with Crippen LogP contribution in [0.3, 0.4) is 0 Å². The standard InChI is InChI=1S/C19H16FI3N5O2/c1-30-18-10(20)3-2-4-12(18)26-17-14-16(11(23-21)7-25-19(14)29)27-15(17)9-5-6-24-8-13(9)28-22/h2-6,8,11,26-28H,7H2,1H3,(H,25,29)/q-1. The average Bonchev–Trinajstić information content (AvgIpc) is 3.14. The number of pyridine rings is 1. The van der Waals surface area contributed by atoms with Crippen LogP contribution < -0.4 is 36.1 Å². The molecule has 0 radical (unpaired) electrons. The first-order valence-electron chi connectivity index (χ1n) is 8.78. The van der Waals surface area contributed by atoms with Crippen molar-refractivity contribution in [3.8, 4) is 17.0 Å². The summed E-state index contributed by atoms with van der Waals surface area (Å²) in [6, 6.07) is 6.53. The van der Waals surface area contributed by atoms with Crippen molar-refractivity contribution in [1.29, 1.82) is 0 Å². The van der Waals surface area contributed by atoms with Gasteiger partial charge in [0.25, 0.3) is 0 Å². The van der Waals surface area contributed by atoms with E-state index in [2.05, 4.69) is 42.7 Å². The van der Waals surface area contributed by atoms with E-state index in [0.717, 1.165) is 22.6 Å². The summed E-state index contributed by atoms with van der Waals surface area (Å²) < 4.78 is 22.9. The second-order valence-electron chi connectivity index (χ2n) is 6.39. The number of alkyl halides is 1. The zero-order valence-electron chi connectivity index (χ0n) is 15.5. The normalized spacial score (nSPS) is 15.5. The molecule has 158 valence electrons. The van der Waals surface area contributed by atoms with Crippen LogP contribution in [0.15, 0.2) is 36.7 Å². The number of aromatic amines is 1. The molecular formula is C19H16FI3N5O2-. The number of benzene rings is 1. The number of fused-ring (bicyclic) bond motifs is 1. The van der Waals surface area contributed by atoms with E-state index in [9.17, 15) is 9.18 Å². The summed E-state index contributed by atoms with van der Waals surface area (Å²) in [6.07, 6.45) is 3.42. The summed E-state index contributed by atoms with van der Waals surface area (Å²) in [4.78, 5) is 20.5. The third-order valence-electron chi connectivity index (χ3n) is 4.73. The molecule has 7 nitrogen and oxygen atoms in total. The summed E-state index contributed by atoms with van der Waals surface area (Å²) in [5.74, 6) is -0.546.